The summed E-state index contributed by atoms with van der Waals surface area (Å²) < 4.78 is 45.1. The molecule has 0 saturated carbocycles. The lowest BCUT2D eigenvalue weighted by molar-refractivity contribution is -0.154. The van der Waals surface area contributed by atoms with Crippen molar-refractivity contribution in [2.45, 2.75) is 32.0 Å². The van der Waals surface area contributed by atoms with Crippen molar-refractivity contribution in [3.63, 3.8) is 0 Å². The Morgan fingerprint density at radius 3 is 2.39 bits per heavy atom. The number of rotatable bonds is 6. The number of halogens is 3. The zero-order valence-corrected chi connectivity index (χ0v) is 12.9. The summed E-state index contributed by atoms with van der Waals surface area (Å²) in [5.41, 5.74) is -1.13. The summed E-state index contributed by atoms with van der Waals surface area (Å²) in [6.07, 6.45) is -3.11. The summed E-state index contributed by atoms with van der Waals surface area (Å²) >= 11 is 0. The smallest absolute Gasteiger partial charge is 0.422 e. The van der Waals surface area contributed by atoms with Crippen LogP contribution in [0.25, 0.3) is 0 Å². The number of hydrogen-bond donors (Lipinski definition) is 1. The number of nitrogens with zero attached hydrogens (tertiary/aromatic N) is 1. The molecular formula is C14H17F3N2O4. The maximum absolute atomic E-state index is 12.1. The summed E-state index contributed by atoms with van der Waals surface area (Å²) in [6.45, 7) is 1.73. The summed E-state index contributed by atoms with van der Waals surface area (Å²) in [5, 5.41) is 2.51. The molecule has 1 atom stereocenters. The van der Waals surface area contributed by atoms with Crippen LogP contribution in [0.1, 0.15) is 30.6 Å². The first-order valence-corrected chi connectivity index (χ1v) is 6.68. The minimum atomic E-state index is -4.47. The van der Waals surface area contributed by atoms with Crippen LogP contribution in [0.2, 0.25) is 0 Å². The number of alkyl halides is 3. The van der Waals surface area contributed by atoms with Gasteiger partial charge in [0.2, 0.25) is 5.88 Å². The maximum Gasteiger partial charge on any atom is 0.422 e. The number of amides is 1. The van der Waals surface area contributed by atoms with Crippen LogP contribution in [0.5, 0.6) is 5.88 Å². The number of esters is 1. The van der Waals surface area contributed by atoms with E-state index in [0.717, 1.165) is 12.3 Å². The first-order chi connectivity index (χ1) is 10.6. The SMILES string of the molecule is CC[C@](C)(NC(=O)c1ccc(OCC(F)(F)F)nc1)C(=O)OC. The minimum Gasteiger partial charge on any atom is -0.468 e. The monoisotopic (exact) mass is 334 g/mol. The van der Waals surface area contributed by atoms with E-state index in [1.807, 2.05) is 0 Å². The Kier molecular flexibility index (Phi) is 5.94. The van der Waals surface area contributed by atoms with Gasteiger partial charge in [-0.1, -0.05) is 6.92 Å². The van der Waals surface area contributed by atoms with Crippen LogP contribution in [-0.4, -0.2) is 42.3 Å². The Bertz CT molecular complexity index is 560. The molecular weight excluding hydrogens is 317 g/mol. The third kappa shape index (κ3) is 5.42. The molecule has 9 heteroatoms. The van der Waals surface area contributed by atoms with E-state index in [1.54, 1.807) is 6.92 Å². The molecule has 0 bridgehead atoms. The molecule has 1 amide bonds. The second-order valence-corrected chi connectivity index (χ2v) is 4.92. The second kappa shape index (κ2) is 7.30. The number of aromatic nitrogens is 1. The first kappa shape index (κ1) is 18.7. The summed E-state index contributed by atoms with van der Waals surface area (Å²) in [5.74, 6) is -1.47. The molecule has 1 N–H and O–H groups in total. The Balaban J connectivity index is 2.76. The molecule has 0 aliphatic carbocycles. The van der Waals surface area contributed by atoms with Crippen molar-refractivity contribution in [3.05, 3.63) is 23.9 Å². The average Bonchev–Trinajstić information content (AvgIpc) is 2.51. The quantitative estimate of drug-likeness (QED) is 0.806. The molecule has 0 aromatic carbocycles. The summed E-state index contributed by atoms with van der Waals surface area (Å²) in [4.78, 5) is 27.4. The largest absolute Gasteiger partial charge is 0.468 e. The van der Waals surface area contributed by atoms with Crippen molar-refractivity contribution in [1.29, 1.82) is 0 Å². The van der Waals surface area contributed by atoms with E-state index in [2.05, 4.69) is 19.8 Å². The molecule has 6 nitrogen and oxygen atoms in total. The molecule has 1 aromatic rings. The lowest BCUT2D eigenvalue weighted by atomic mass is 9.98. The number of pyridine rings is 1. The van der Waals surface area contributed by atoms with Gasteiger partial charge in [0.25, 0.3) is 5.91 Å². The van der Waals surface area contributed by atoms with Gasteiger partial charge in [0.05, 0.1) is 12.7 Å². The standard InChI is InChI=1S/C14H17F3N2O4/c1-4-13(2,12(21)22-3)19-11(20)9-5-6-10(18-7-9)23-8-14(15,16)17/h5-7H,4,8H2,1-3H3,(H,19,20)/t13-/m0/s1. The van der Waals surface area contributed by atoms with Gasteiger partial charge in [-0.3, -0.25) is 4.79 Å². The van der Waals surface area contributed by atoms with Gasteiger partial charge >= 0.3 is 12.1 Å². The Hall–Kier alpha value is -2.32. The number of methoxy groups -OCH3 is 1. The highest BCUT2D eigenvalue weighted by Gasteiger charge is 2.34. The maximum atomic E-state index is 12.1. The van der Waals surface area contributed by atoms with Crippen LogP contribution in [0.15, 0.2) is 18.3 Å². The van der Waals surface area contributed by atoms with Gasteiger partial charge in [-0.2, -0.15) is 13.2 Å². The number of hydrogen-bond acceptors (Lipinski definition) is 5. The van der Waals surface area contributed by atoms with E-state index < -0.39 is 30.2 Å². The van der Waals surface area contributed by atoms with Crippen LogP contribution in [-0.2, 0) is 9.53 Å². The molecule has 0 radical (unpaired) electrons. The third-order valence-electron chi connectivity index (χ3n) is 3.11. The van der Waals surface area contributed by atoms with Gasteiger partial charge in [0.1, 0.15) is 5.54 Å². The van der Waals surface area contributed by atoms with Crippen LogP contribution < -0.4 is 10.1 Å². The molecule has 0 unspecified atom stereocenters. The van der Waals surface area contributed by atoms with E-state index in [1.165, 1.54) is 20.1 Å². The van der Waals surface area contributed by atoms with Crippen molar-refractivity contribution in [2.24, 2.45) is 0 Å². The van der Waals surface area contributed by atoms with Crippen molar-refractivity contribution < 1.29 is 32.2 Å². The molecule has 1 aromatic heterocycles. The van der Waals surface area contributed by atoms with Crippen LogP contribution in [0.4, 0.5) is 13.2 Å². The topological polar surface area (TPSA) is 77.5 Å². The predicted octanol–water partition coefficient (Wildman–Crippen LogP) is 2.09. The van der Waals surface area contributed by atoms with E-state index in [4.69, 9.17) is 0 Å². The summed E-state index contributed by atoms with van der Waals surface area (Å²) in [6, 6.07) is 2.39. The fraction of sp³-hybridized carbons (Fsp3) is 0.500. The Morgan fingerprint density at radius 1 is 1.30 bits per heavy atom. The zero-order valence-electron chi connectivity index (χ0n) is 12.9. The van der Waals surface area contributed by atoms with Crippen LogP contribution in [0, 0.1) is 0 Å². The number of carbonyl (C=O) groups excluding carboxylic acids is 2. The van der Waals surface area contributed by atoms with Crippen molar-refractivity contribution >= 4 is 11.9 Å². The molecule has 0 spiro atoms. The normalized spacial score (nSPS) is 13.8. The van der Waals surface area contributed by atoms with E-state index >= 15 is 0 Å². The molecule has 23 heavy (non-hydrogen) atoms. The van der Waals surface area contributed by atoms with Gasteiger partial charge in [0, 0.05) is 12.3 Å². The Morgan fingerprint density at radius 2 is 1.96 bits per heavy atom. The highest BCUT2D eigenvalue weighted by Crippen LogP contribution is 2.17. The highest BCUT2D eigenvalue weighted by molar-refractivity contribution is 5.97. The van der Waals surface area contributed by atoms with Crippen molar-refractivity contribution in [1.82, 2.24) is 10.3 Å². The lowest BCUT2D eigenvalue weighted by Gasteiger charge is -2.26. The molecule has 0 saturated heterocycles. The minimum absolute atomic E-state index is 0.0768. The molecule has 1 heterocycles. The van der Waals surface area contributed by atoms with Gasteiger partial charge in [-0.25, -0.2) is 9.78 Å². The van der Waals surface area contributed by atoms with Crippen LogP contribution in [0.3, 0.4) is 0 Å². The van der Waals surface area contributed by atoms with E-state index in [0.29, 0.717) is 6.42 Å². The second-order valence-electron chi connectivity index (χ2n) is 4.92. The Labute approximate surface area is 131 Å². The molecule has 1 rings (SSSR count). The third-order valence-corrected chi connectivity index (χ3v) is 3.11. The molecule has 0 aliphatic rings. The van der Waals surface area contributed by atoms with Crippen molar-refractivity contribution in [3.8, 4) is 5.88 Å². The van der Waals surface area contributed by atoms with Crippen molar-refractivity contribution in [2.75, 3.05) is 13.7 Å². The molecule has 0 aliphatic heterocycles. The van der Waals surface area contributed by atoms with Gasteiger partial charge in [-0.05, 0) is 19.4 Å². The predicted molar refractivity (Wildman–Crippen MR) is 74.0 cm³/mol. The van der Waals surface area contributed by atoms with Gasteiger partial charge in [0.15, 0.2) is 6.61 Å². The lowest BCUT2D eigenvalue weighted by Crippen LogP contribution is -2.52. The van der Waals surface area contributed by atoms with E-state index in [9.17, 15) is 22.8 Å². The summed E-state index contributed by atoms with van der Waals surface area (Å²) in [7, 11) is 1.21. The zero-order chi connectivity index (χ0) is 17.7. The number of carbonyl (C=O) groups is 2. The number of ether oxygens (including phenoxy) is 2. The van der Waals surface area contributed by atoms with Gasteiger partial charge in [-0.15, -0.1) is 0 Å². The number of nitrogens with one attached hydrogen (secondary N) is 1. The molecule has 128 valence electrons. The highest BCUT2D eigenvalue weighted by atomic mass is 19.4. The first-order valence-electron chi connectivity index (χ1n) is 6.68. The molecule has 0 fully saturated rings. The fourth-order valence-electron chi connectivity index (χ4n) is 1.59. The van der Waals surface area contributed by atoms with E-state index in [-0.39, 0.29) is 11.4 Å². The average molecular weight is 334 g/mol. The van der Waals surface area contributed by atoms with Crippen LogP contribution >= 0.6 is 0 Å². The van der Waals surface area contributed by atoms with Gasteiger partial charge < -0.3 is 14.8 Å². The fourth-order valence-corrected chi connectivity index (χ4v) is 1.59.